The van der Waals surface area contributed by atoms with Gasteiger partial charge in [-0.05, 0) is 20.9 Å². The molecular formula is C11H22N4O2. The normalized spacial score (nSPS) is 20.1. The summed E-state index contributed by atoms with van der Waals surface area (Å²) in [5.74, 6) is -1.02. The van der Waals surface area contributed by atoms with Crippen molar-refractivity contribution in [2.24, 2.45) is 5.73 Å². The highest BCUT2D eigenvalue weighted by atomic mass is 16.2. The van der Waals surface area contributed by atoms with E-state index >= 15 is 0 Å². The second-order valence-corrected chi connectivity index (χ2v) is 5.01. The van der Waals surface area contributed by atoms with E-state index < -0.39 is 11.8 Å². The van der Waals surface area contributed by atoms with Crippen LogP contribution in [0.5, 0.6) is 0 Å². The highest BCUT2D eigenvalue weighted by Crippen LogP contribution is 2.18. The number of amides is 2. The number of nitrogens with two attached hydrogens (primary N) is 1. The molecule has 1 fully saturated rings. The Hall–Kier alpha value is -1.14. The minimum absolute atomic E-state index is 0.0952. The summed E-state index contributed by atoms with van der Waals surface area (Å²) in [7, 11) is 2.02. The van der Waals surface area contributed by atoms with Gasteiger partial charge in [0.05, 0.1) is 0 Å². The van der Waals surface area contributed by atoms with Crippen LogP contribution in [0, 0.1) is 0 Å². The first-order chi connectivity index (χ1) is 7.88. The molecule has 0 aliphatic carbocycles. The van der Waals surface area contributed by atoms with Crippen LogP contribution in [0.4, 0.5) is 0 Å². The van der Waals surface area contributed by atoms with E-state index in [9.17, 15) is 9.59 Å². The van der Waals surface area contributed by atoms with Gasteiger partial charge < -0.3 is 16.0 Å². The third-order valence-corrected chi connectivity index (χ3v) is 3.23. The van der Waals surface area contributed by atoms with Crippen LogP contribution in [-0.4, -0.2) is 66.9 Å². The number of nitrogens with zero attached hydrogens (tertiary/aromatic N) is 2. The molecule has 2 amide bonds. The molecule has 6 heteroatoms. The maximum Gasteiger partial charge on any atom is 0.311 e. The molecule has 0 spiro atoms. The molecule has 1 rings (SSSR count). The number of hydrogen-bond donors (Lipinski definition) is 2. The highest BCUT2D eigenvalue weighted by Gasteiger charge is 2.35. The van der Waals surface area contributed by atoms with Crippen molar-refractivity contribution in [1.82, 2.24) is 15.1 Å². The van der Waals surface area contributed by atoms with Crippen LogP contribution in [0.3, 0.4) is 0 Å². The van der Waals surface area contributed by atoms with Crippen molar-refractivity contribution in [3.05, 3.63) is 0 Å². The van der Waals surface area contributed by atoms with Crippen LogP contribution in [0.25, 0.3) is 0 Å². The third-order valence-electron chi connectivity index (χ3n) is 3.23. The zero-order valence-corrected chi connectivity index (χ0v) is 10.8. The topological polar surface area (TPSA) is 78.7 Å². The first kappa shape index (κ1) is 13.9. The number of likely N-dealkylation sites (N-methyl/N-ethyl adjacent to an activating group) is 1. The lowest BCUT2D eigenvalue weighted by atomic mass is 10.00. The Kier molecular flexibility index (Phi) is 4.47. The minimum Gasteiger partial charge on any atom is -0.347 e. The van der Waals surface area contributed by atoms with Crippen LogP contribution in [-0.2, 0) is 9.59 Å². The summed E-state index contributed by atoms with van der Waals surface area (Å²) in [5, 5.41) is 2.50. The van der Waals surface area contributed by atoms with Crippen molar-refractivity contribution in [3.8, 4) is 0 Å². The van der Waals surface area contributed by atoms with Gasteiger partial charge in [-0.15, -0.1) is 0 Å². The Bertz CT molecular complexity index is 304. The molecule has 17 heavy (non-hydrogen) atoms. The Labute approximate surface area is 102 Å². The molecule has 0 radical (unpaired) electrons. The lowest BCUT2D eigenvalue weighted by Crippen LogP contribution is -2.60. The summed E-state index contributed by atoms with van der Waals surface area (Å²) >= 11 is 0. The molecule has 1 aliphatic rings. The molecular weight excluding hydrogens is 220 g/mol. The van der Waals surface area contributed by atoms with Gasteiger partial charge in [0.15, 0.2) is 0 Å². The van der Waals surface area contributed by atoms with Gasteiger partial charge in [-0.2, -0.15) is 0 Å². The minimum atomic E-state index is -0.559. The van der Waals surface area contributed by atoms with Crippen molar-refractivity contribution in [3.63, 3.8) is 0 Å². The lowest BCUT2D eigenvalue weighted by Gasteiger charge is -2.45. The molecule has 1 saturated heterocycles. The number of piperazine rings is 1. The number of nitrogens with one attached hydrogen (secondary N) is 1. The molecule has 1 heterocycles. The van der Waals surface area contributed by atoms with Crippen LogP contribution in [0.15, 0.2) is 0 Å². The summed E-state index contributed by atoms with van der Waals surface area (Å²) in [4.78, 5) is 27.2. The van der Waals surface area contributed by atoms with Crippen molar-refractivity contribution in [1.29, 1.82) is 0 Å². The zero-order chi connectivity index (χ0) is 13.1. The van der Waals surface area contributed by atoms with Gasteiger partial charge in [-0.3, -0.25) is 14.5 Å². The summed E-state index contributed by atoms with van der Waals surface area (Å²) in [6.45, 7) is 6.74. The Balaban J connectivity index is 2.56. The summed E-state index contributed by atoms with van der Waals surface area (Å²) in [5.41, 5.74) is 5.18. The molecule has 0 atom stereocenters. The van der Waals surface area contributed by atoms with Crippen LogP contribution >= 0.6 is 0 Å². The number of carbonyl (C=O) groups is 2. The number of hydrogen-bond acceptors (Lipinski definition) is 4. The van der Waals surface area contributed by atoms with Gasteiger partial charge in [-0.1, -0.05) is 0 Å². The molecule has 0 aromatic heterocycles. The van der Waals surface area contributed by atoms with E-state index in [1.165, 1.54) is 0 Å². The number of rotatable bonds is 2. The monoisotopic (exact) mass is 242 g/mol. The molecule has 98 valence electrons. The van der Waals surface area contributed by atoms with Gasteiger partial charge in [0.1, 0.15) is 0 Å². The van der Waals surface area contributed by atoms with E-state index in [1.54, 1.807) is 4.90 Å². The fourth-order valence-corrected chi connectivity index (χ4v) is 1.82. The van der Waals surface area contributed by atoms with Crippen molar-refractivity contribution < 1.29 is 9.59 Å². The van der Waals surface area contributed by atoms with Crippen LogP contribution in [0.2, 0.25) is 0 Å². The second-order valence-electron chi connectivity index (χ2n) is 5.01. The molecule has 1 aliphatic heterocycles. The predicted octanol–water partition coefficient (Wildman–Crippen LogP) is -1.39. The van der Waals surface area contributed by atoms with Gasteiger partial charge in [-0.25, -0.2) is 0 Å². The maximum absolute atomic E-state index is 11.9. The maximum atomic E-state index is 11.9. The van der Waals surface area contributed by atoms with Crippen molar-refractivity contribution >= 4 is 11.8 Å². The van der Waals surface area contributed by atoms with E-state index in [0.29, 0.717) is 26.2 Å². The van der Waals surface area contributed by atoms with Gasteiger partial charge in [0.2, 0.25) is 0 Å². The molecule has 0 aromatic rings. The zero-order valence-electron chi connectivity index (χ0n) is 10.8. The van der Waals surface area contributed by atoms with E-state index in [-0.39, 0.29) is 5.54 Å². The van der Waals surface area contributed by atoms with Crippen molar-refractivity contribution in [2.45, 2.75) is 19.4 Å². The Morgan fingerprint density at radius 2 is 2.00 bits per heavy atom. The molecule has 0 aromatic carbocycles. The molecule has 0 bridgehead atoms. The first-order valence-electron chi connectivity index (χ1n) is 5.87. The predicted molar refractivity (Wildman–Crippen MR) is 65.4 cm³/mol. The SMILES string of the molecule is CN1CCN(C(=O)C(=O)NCCN)CC1(C)C. The van der Waals surface area contributed by atoms with Crippen molar-refractivity contribution in [2.75, 3.05) is 39.8 Å². The molecule has 3 N–H and O–H groups in total. The molecule has 0 unspecified atom stereocenters. The van der Waals surface area contributed by atoms with E-state index in [4.69, 9.17) is 5.73 Å². The largest absolute Gasteiger partial charge is 0.347 e. The van der Waals surface area contributed by atoms with E-state index in [2.05, 4.69) is 24.1 Å². The summed E-state index contributed by atoms with van der Waals surface area (Å²) in [6, 6.07) is 0. The Morgan fingerprint density at radius 1 is 1.35 bits per heavy atom. The summed E-state index contributed by atoms with van der Waals surface area (Å²) in [6.07, 6.45) is 0. The quantitative estimate of drug-likeness (QED) is 0.585. The van der Waals surface area contributed by atoms with Gasteiger partial charge >= 0.3 is 11.8 Å². The van der Waals surface area contributed by atoms with Gasteiger partial charge in [0.25, 0.3) is 0 Å². The standard InChI is InChI=1S/C11H22N4O2/c1-11(2)8-15(7-6-14(11)3)10(17)9(16)13-5-4-12/h4-8,12H2,1-3H3,(H,13,16). The summed E-state index contributed by atoms with van der Waals surface area (Å²) < 4.78 is 0. The fourth-order valence-electron chi connectivity index (χ4n) is 1.82. The lowest BCUT2D eigenvalue weighted by molar-refractivity contribution is -0.148. The van der Waals surface area contributed by atoms with Crippen LogP contribution in [0.1, 0.15) is 13.8 Å². The first-order valence-corrected chi connectivity index (χ1v) is 5.87. The number of carbonyl (C=O) groups excluding carboxylic acids is 2. The Morgan fingerprint density at radius 3 is 2.53 bits per heavy atom. The van der Waals surface area contributed by atoms with Crippen LogP contribution < -0.4 is 11.1 Å². The second kappa shape index (κ2) is 5.46. The molecule has 6 nitrogen and oxygen atoms in total. The fraction of sp³-hybridized carbons (Fsp3) is 0.818. The van der Waals surface area contributed by atoms with Gasteiger partial charge in [0, 0.05) is 38.3 Å². The average Bonchev–Trinajstić information content (AvgIpc) is 2.28. The molecule has 0 saturated carbocycles. The van der Waals surface area contributed by atoms with E-state index in [0.717, 1.165) is 6.54 Å². The average molecular weight is 242 g/mol. The highest BCUT2D eigenvalue weighted by molar-refractivity contribution is 6.35. The third kappa shape index (κ3) is 3.41. The van der Waals surface area contributed by atoms with E-state index in [1.807, 2.05) is 7.05 Å². The smallest absolute Gasteiger partial charge is 0.311 e.